The second kappa shape index (κ2) is 9.00. The van der Waals surface area contributed by atoms with Gasteiger partial charge in [0.05, 0.1) is 6.20 Å². The molecule has 1 atom stereocenters. The van der Waals surface area contributed by atoms with Crippen LogP contribution in [0.25, 0.3) is 5.57 Å². The predicted molar refractivity (Wildman–Crippen MR) is 129 cm³/mol. The highest BCUT2D eigenvalue weighted by molar-refractivity contribution is 6.12. The Kier molecular flexibility index (Phi) is 5.89. The van der Waals surface area contributed by atoms with Crippen molar-refractivity contribution in [1.82, 2.24) is 20.4 Å². The molecule has 2 aliphatic rings. The Balaban J connectivity index is 1.53. The Labute approximate surface area is 196 Å². The Hall–Kier alpha value is -3.56. The molecule has 0 radical (unpaired) electrons. The molecule has 0 saturated heterocycles. The first-order valence-corrected chi connectivity index (χ1v) is 11.4. The highest BCUT2D eigenvalue weighted by Crippen LogP contribution is 2.29. The van der Waals surface area contributed by atoms with Crippen molar-refractivity contribution < 1.29 is 8.78 Å². The number of aromatic nitrogens is 2. The largest absolute Gasteiger partial charge is 0.341 e. The molecule has 7 nitrogen and oxygen atoms in total. The van der Waals surface area contributed by atoms with Crippen molar-refractivity contribution in [3.05, 3.63) is 88.5 Å². The van der Waals surface area contributed by atoms with Gasteiger partial charge in [0, 0.05) is 54.0 Å². The number of rotatable bonds is 6. The Morgan fingerprint density at radius 2 is 1.97 bits per heavy atom. The van der Waals surface area contributed by atoms with Gasteiger partial charge in [0.15, 0.2) is 0 Å². The van der Waals surface area contributed by atoms with Crippen molar-refractivity contribution in [2.45, 2.75) is 38.6 Å². The summed E-state index contributed by atoms with van der Waals surface area (Å²) < 4.78 is 29.8. The smallest absolute Gasteiger partial charge is 0.210 e. The summed E-state index contributed by atoms with van der Waals surface area (Å²) in [6.07, 6.45) is 7.27. The van der Waals surface area contributed by atoms with Crippen molar-refractivity contribution >= 4 is 17.5 Å². The highest BCUT2D eigenvalue weighted by Gasteiger charge is 2.32. The summed E-state index contributed by atoms with van der Waals surface area (Å²) in [5.41, 5.74) is 11.7. The Bertz CT molecular complexity index is 1260. The molecule has 176 valence electrons. The van der Waals surface area contributed by atoms with Crippen LogP contribution in [-0.2, 0) is 25.3 Å². The molecular weight excluding hydrogens is 436 g/mol. The number of anilines is 1. The van der Waals surface area contributed by atoms with Crippen LogP contribution in [0.15, 0.2) is 59.6 Å². The van der Waals surface area contributed by atoms with Gasteiger partial charge >= 0.3 is 0 Å². The van der Waals surface area contributed by atoms with E-state index in [1.54, 1.807) is 12.4 Å². The van der Waals surface area contributed by atoms with E-state index in [0.29, 0.717) is 5.82 Å². The summed E-state index contributed by atoms with van der Waals surface area (Å²) in [5, 5.41) is 14.4. The predicted octanol–water partition coefficient (Wildman–Crippen LogP) is 3.44. The quantitative estimate of drug-likeness (QED) is 0.450. The molecule has 1 unspecified atom stereocenters. The maximum Gasteiger partial charge on any atom is 0.210 e. The first-order chi connectivity index (χ1) is 16.4. The molecule has 0 bridgehead atoms. The number of benzene rings is 2. The van der Waals surface area contributed by atoms with E-state index in [4.69, 9.17) is 5.73 Å². The molecule has 1 aromatic heterocycles. The molecule has 0 amide bonds. The second-order valence-corrected chi connectivity index (χ2v) is 8.62. The molecule has 9 heteroatoms. The third kappa shape index (κ3) is 4.44. The molecule has 5 N–H and O–H groups in total. The number of hydrogen-bond donors (Lipinski definition) is 4. The number of halogens is 2. The van der Waals surface area contributed by atoms with E-state index < -0.39 is 17.4 Å². The zero-order valence-electron chi connectivity index (χ0n) is 18.9. The van der Waals surface area contributed by atoms with Gasteiger partial charge in [-0.05, 0) is 54.8 Å². The molecule has 0 spiro atoms. The summed E-state index contributed by atoms with van der Waals surface area (Å²) in [7, 11) is 0. The molecule has 5 rings (SSSR count). The van der Waals surface area contributed by atoms with Crippen molar-refractivity contribution in [2.24, 2.45) is 10.7 Å². The Morgan fingerprint density at radius 3 is 2.76 bits per heavy atom. The Morgan fingerprint density at radius 1 is 1.15 bits per heavy atom. The fourth-order valence-electron chi connectivity index (χ4n) is 4.32. The molecule has 2 aliphatic heterocycles. The number of nitrogens with zero attached hydrogens (tertiary/aromatic N) is 3. The van der Waals surface area contributed by atoms with E-state index in [2.05, 4.69) is 45.1 Å². The average Bonchev–Trinajstić information content (AvgIpc) is 3.27. The molecule has 2 aromatic carbocycles. The third-order valence-electron chi connectivity index (χ3n) is 6.04. The lowest BCUT2D eigenvalue weighted by Gasteiger charge is -2.34. The number of aryl methyl sites for hydroxylation is 1. The number of fused-ring (bicyclic) bond motifs is 1. The van der Waals surface area contributed by atoms with Gasteiger partial charge in [-0.3, -0.25) is 10.4 Å². The van der Waals surface area contributed by atoms with Gasteiger partial charge in [-0.25, -0.2) is 13.8 Å². The fraction of sp³-hybridized carbons (Fsp3) is 0.280. The zero-order chi connectivity index (χ0) is 23.7. The van der Waals surface area contributed by atoms with E-state index in [-0.39, 0.29) is 5.56 Å². The third-order valence-corrected chi connectivity index (χ3v) is 6.04. The van der Waals surface area contributed by atoms with Crippen molar-refractivity contribution in [2.75, 3.05) is 11.9 Å². The number of nitrogens with one attached hydrogen (secondary N) is 3. The summed E-state index contributed by atoms with van der Waals surface area (Å²) >= 11 is 0. The number of hydrogen-bond acceptors (Lipinski definition) is 6. The lowest BCUT2D eigenvalue weighted by molar-refractivity contribution is 0.395. The van der Waals surface area contributed by atoms with E-state index in [1.807, 2.05) is 16.9 Å². The molecule has 3 heterocycles. The van der Waals surface area contributed by atoms with Gasteiger partial charge in [0.2, 0.25) is 5.79 Å². The first kappa shape index (κ1) is 22.2. The van der Waals surface area contributed by atoms with E-state index in [1.165, 1.54) is 23.3 Å². The number of allylic oxidation sites excluding steroid dienone is 1. The first-order valence-electron chi connectivity index (χ1n) is 11.4. The number of aliphatic imine (C=N–C) groups is 1. The van der Waals surface area contributed by atoms with E-state index in [9.17, 15) is 8.78 Å². The van der Waals surface area contributed by atoms with Crippen molar-refractivity contribution in [1.29, 1.82) is 0 Å². The van der Waals surface area contributed by atoms with Crippen LogP contribution in [0.4, 0.5) is 14.5 Å². The number of nitrogens with two attached hydrogens (primary N) is 1. The van der Waals surface area contributed by atoms with Crippen molar-refractivity contribution in [3.8, 4) is 0 Å². The van der Waals surface area contributed by atoms with Crippen LogP contribution in [0, 0.1) is 11.6 Å². The van der Waals surface area contributed by atoms with Gasteiger partial charge in [-0.2, -0.15) is 5.10 Å². The topological polar surface area (TPSA) is 92.3 Å². The lowest BCUT2D eigenvalue weighted by Crippen LogP contribution is -2.51. The van der Waals surface area contributed by atoms with Crippen LogP contribution in [0.3, 0.4) is 0 Å². The lowest BCUT2D eigenvalue weighted by atomic mass is 10.00. The summed E-state index contributed by atoms with van der Waals surface area (Å²) in [6.45, 7) is 4.65. The summed E-state index contributed by atoms with van der Waals surface area (Å²) in [6, 6.07) is 9.40. The van der Waals surface area contributed by atoms with Gasteiger partial charge in [0.1, 0.15) is 17.5 Å². The maximum absolute atomic E-state index is 14.0. The van der Waals surface area contributed by atoms with Gasteiger partial charge in [-0.1, -0.05) is 13.0 Å². The van der Waals surface area contributed by atoms with Crippen LogP contribution in [0.1, 0.15) is 35.6 Å². The average molecular weight is 464 g/mol. The van der Waals surface area contributed by atoms with Crippen LogP contribution in [-0.4, -0.2) is 22.5 Å². The van der Waals surface area contributed by atoms with Crippen LogP contribution < -0.4 is 21.7 Å². The molecule has 34 heavy (non-hydrogen) atoms. The van der Waals surface area contributed by atoms with Crippen LogP contribution >= 0.6 is 0 Å². The molecule has 0 saturated carbocycles. The monoisotopic (exact) mass is 463 g/mol. The minimum Gasteiger partial charge on any atom is -0.341 e. The summed E-state index contributed by atoms with van der Waals surface area (Å²) in [4.78, 5) is 4.45. The van der Waals surface area contributed by atoms with Crippen LogP contribution in [0.2, 0.25) is 0 Å². The molecular formula is C25H27F2N7. The molecule has 0 aliphatic carbocycles. The highest BCUT2D eigenvalue weighted by atomic mass is 19.1. The van der Waals surface area contributed by atoms with E-state index in [0.717, 1.165) is 55.4 Å². The molecule has 3 aromatic rings. The SMILES string of the molecule is CCCn1cc(C2=C(Nc3ccc4c(c3)CNCC4)NC(N)(c3cc(F)cc(F)c3)N=C2)cn1. The minimum absolute atomic E-state index is 0.177. The maximum atomic E-state index is 14.0. The second-order valence-electron chi connectivity index (χ2n) is 8.62. The van der Waals surface area contributed by atoms with Gasteiger partial charge < -0.3 is 16.0 Å². The molecule has 0 fully saturated rings. The van der Waals surface area contributed by atoms with E-state index >= 15 is 0 Å². The van der Waals surface area contributed by atoms with Crippen LogP contribution in [0.5, 0.6) is 0 Å². The normalized spacial score (nSPS) is 19.6. The summed E-state index contributed by atoms with van der Waals surface area (Å²) in [5.74, 6) is -2.42. The fourth-order valence-corrected chi connectivity index (χ4v) is 4.32. The zero-order valence-corrected chi connectivity index (χ0v) is 18.9. The van der Waals surface area contributed by atoms with Crippen molar-refractivity contribution in [3.63, 3.8) is 0 Å². The van der Waals surface area contributed by atoms with Gasteiger partial charge in [0.25, 0.3) is 0 Å². The van der Waals surface area contributed by atoms with Gasteiger partial charge in [-0.15, -0.1) is 0 Å². The minimum atomic E-state index is -1.55. The standard InChI is InChI=1S/C25H27F2N7/c1-2-7-34-15-18(13-31-34)23-14-30-25(28,19-9-20(26)11-21(27)10-19)33-24(23)32-22-4-3-16-5-6-29-12-17(16)8-22/h3-4,8-11,13-15,29,32-33H,2,5-7,12,28H2,1H3.